The molecule has 3 aromatic rings. The fraction of sp³-hybridized carbons (Fsp3) is 0.385. The molecule has 0 radical (unpaired) electrons. The number of aromatic nitrogens is 3. The number of hydrogen-bond acceptors (Lipinski definition) is 6. The highest BCUT2D eigenvalue weighted by molar-refractivity contribution is 5.81. The average Bonchev–Trinajstić information content (AvgIpc) is 2.90. The number of likely N-dealkylation sites (tertiary alicyclic amines) is 1. The Kier molecular flexibility index (Phi) is 6.58. The molecule has 2 atom stereocenters. The molecule has 2 unspecified atom stereocenters. The van der Waals surface area contributed by atoms with Crippen molar-refractivity contribution in [3.63, 3.8) is 0 Å². The molecule has 0 aliphatic carbocycles. The standard InChI is InChI=1S/C26H29N5O2/c32-26(23-12-4-5-15-33-23)31-14-7-9-20(18-31)25-29-22(19-8-6-13-27-17-19)16-24(30-25)28-21-10-2-1-3-11-21/h1-3,6,8,10-11,13,16-17,20,23H,4-5,7,9,12,14-15,18H2,(H,28,29,30). The second kappa shape index (κ2) is 10.1. The molecular formula is C26H29N5O2. The molecule has 170 valence electrons. The summed E-state index contributed by atoms with van der Waals surface area (Å²) in [6, 6.07) is 15.9. The van der Waals surface area contributed by atoms with Crippen molar-refractivity contribution in [2.24, 2.45) is 0 Å². The first-order valence-electron chi connectivity index (χ1n) is 11.8. The van der Waals surface area contributed by atoms with Crippen LogP contribution in [0.25, 0.3) is 11.3 Å². The number of carbonyl (C=O) groups is 1. The van der Waals surface area contributed by atoms with Crippen molar-refractivity contribution >= 4 is 17.4 Å². The molecule has 2 aromatic heterocycles. The third kappa shape index (κ3) is 5.20. The number of amides is 1. The number of para-hydroxylation sites is 1. The quantitative estimate of drug-likeness (QED) is 0.623. The van der Waals surface area contributed by atoms with E-state index in [9.17, 15) is 4.79 Å². The molecule has 2 aliphatic rings. The summed E-state index contributed by atoms with van der Waals surface area (Å²) in [5.74, 6) is 1.70. The van der Waals surface area contributed by atoms with E-state index in [4.69, 9.17) is 14.7 Å². The van der Waals surface area contributed by atoms with Crippen LogP contribution in [-0.2, 0) is 9.53 Å². The third-order valence-electron chi connectivity index (χ3n) is 6.30. The minimum Gasteiger partial charge on any atom is -0.368 e. The summed E-state index contributed by atoms with van der Waals surface area (Å²) in [6.07, 6.45) is 8.08. The van der Waals surface area contributed by atoms with Crippen molar-refractivity contribution in [1.29, 1.82) is 0 Å². The van der Waals surface area contributed by atoms with Crippen molar-refractivity contribution in [1.82, 2.24) is 19.9 Å². The minimum atomic E-state index is -0.296. The van der Waals surface area contributed by atoms with E-state index in [1.807, 2.05) is 59.6 Å². The molecule has 7 nitrogen and oxygen atoms in total. The Morgan fingerprint density at radius 1 is 1.03 bits per heavy atom. The van der Waals surface area contributed by atoms with Crippen molar-refractivity contribution in [2.75, 3.05) is 25.0 Å². The van der Waals surface area contributed by atoms with E-state index in [1.165, 1.54) is 0 Å². The molecule has 2 aliphatic heterocycles. The highest BCUT2D eigenvalue weighted by Gasteiger charge is 2.32. The first-order chi connectivity index (χ1) is 16.3. The Hall–Kier alpha value is -3.32. The van der Waals surface area contributed by atoms with E-state index in [0.717, 1.165) is 67.2 Å². The fourth-order valence-corrected chi connectivity index (χ4v) is 4.57. The average molecular weight is 444 g/mol. The van der Waals surface area contributed by atoms with Crippen LogP contribution in [0.4, 0.5) is 11.5 Å². The number of ether oxygens (including phenoxy) is 1. The SMILES string of the molecule is O=C(C1CCCCO1)N1CCCC(c2nc(Nc3ccccc3)cc(-c3cccnc3)n2)C1. The number of benzene rings is 1. The number of nitrogens with zero attached hydrogens (tertiary/aromatic N) is 4. The molecule has 5 rings (SSSR count). The van der Waals surface area contributed by atoms with Gasteiger partial charge in [-0.25, -0.2) is 9.97 Å². The van der Waals surface area contributed by atoms with Crippen LogP contribution in [0.5, 0.6) is 0 Å². The van der Waals surface area contributed by atoms with Crippen molar-refractivity contribution in [3.05, 3.63) is 66.7 Å². The van der Waals surface area contributed by atoms with Gasteiger partial charge in [0.1, 0.15) is 17.7 Å². The summed E-state index contributed by atoms with van der Waals surface area (Å²) in [5.41, 5.74) is 2.73. The minimum absolute atomic E-state index is 0.0826. The molecule has 2 saturated heterocycles. The number of anilines is 2. The van der Waals surface area contributed by atoms with E-state index in [0.29, 0.717) is 13.2 Å². The van der Waals surface area contributed by atoms with Gasteiger partial charge < -0.3 is 15.0 Å². The molecule has 1 N–H and O–H groups in total. The summed E-state index contributed by atoms with van der Waals surface area (Å²) in [7, 11) is 0. The molecule has 0 bridgehead atoms. The lowest BCUT2D eigenvalue weighted by atomic mass is 9.95. The Morgan fingerprint density at radius 3 is 2.73 bits per heavy atom. The smallest absolute Gasteiger partial charge is 0.251 e. The molecule has 0 saturated carbocycles. The number of hydrogen-bond donors (Lipinski definition) is 1. The van der Waals surface area contributed by atoms with Crippen LogP contribution in [0.3, 0.4) is 0 Å². The summed E-state index contributed by atoms with van der Waals surface area (Å²) in [4.78, 5) is 29.1. The molecule has 0 spiro atoms. The first-order valence-corrected chi connectivity index (χ1v) is 11.8. The van der Waals surface area contributed by atoms with Gasteiger partial charge in [-0.3, -0.25) is 9.78 Å². The maximum Gasteiger partial charge on any atom is 0.251 e. The van der Waals surface area contributed by atoms with Crippen LogP contribution in [0, 0.1) is 0 Å². The topological polar surface area (TPSA) is 80.2 Å². The largest absolute Gasteiger partial charge is 0.368 e. The second-order valence-corrected chi connectivity index (χ2v) is 8.71. The lowest BCUT2D eigenvalue weighted by Crippen LogP contribution is -2.46. The fourth-order valence-electron chi connectivity index (χ4n) is 4.57. The molecule has 2 fully saturated rings. The van der Waals surface area contributed by atoms with Crippen LogP contribution >= 0.6 is 0 Å². The monoisotopic (exact) mass is 443 g/mol. The number of nitrogens with one attached hydrogen (secondary N) is 1. The Bertz CT molecular complexity index is 1070. The number of piperidine rings is 1. The number of rotatable bonds is 5. The van der Waals surface area contributed by atoms with Gasteiger partial charge in [0.25, 0.3) is 5.91 Å². The Morgan fingerprint density at radius 2 is 1.94 bits per heavy atom. The predicted octanol–water partition coefficient (Wildman–Crippen LogP) is 4.56. The van der Waals surface area contributed by atoms with E-state index in [2.05, 4.69) is 10.3 Å². The van der Waals surface area contributed by atoms with Gasteiger partial charge in [0, 0.05) is 55.3 Å². The zero-order valence-corrected chi connectivity index (χ0v) is 18.7. The van der Waals surface area contributed by atoms with Gasteiger partial charge in [0.15, 0.2) is 0 Å². The van der Waals surface area contributed by atoms with Gasteiger partial charge >= 0.3 is 0 Å². The maximum atomic E-state index is 13.1. The predicted molar refractivity (Wildman–Crippen MR) is 127 cm³/mol. The van der Waals surface area contributed by atoms with Crippen molar-refractivity contribution < 1.29 is 9.53 Å². The normalized spacial score (nSPS) is 20.9. The van der Waals surface area contributed by atoms with Crippen LogP contribution in [-0.4, -0.2) is 51.6 Å². The van der Waals surface area contributed by atoms with Gasteiger partial charge in [0.2, 0.25) is 0 Å². The van der Waals surface area contributed by atoms with Gasteiger partial charge in [-0.15, -0.1) is 0 Å². The van der Waals surface area contributed by atoms with E-state index in [-0.39, 0.29) is 17.9 Å². The highest BCUT2D eigenvalue weighted by atomic mass is 16.5. The second-order valence-electron chi connectivity index (χ2n) is 8.71. The molecule has 1 amide bonds. The molecule has 33 heavy (non-hydrogen) atoms. The Balaban J connectivity index is 1.42. The van der Waals surface area contributed by atoms with Crippen LogP contribution in [0.15, 0.2) is 60.9 Å². The first kappa shape index (κ1) is 21.5. The van der Waals surface area contributed by atoms with Crippen molar-refractivity contribution in [3.8, 4) is 11.3 Å². The summed E-state index contributed by atoms with van der Waals surface area (Å²) in [6.45, 7) is 2.07. The van der Waals surface area contributed by atoms with Gasteiger partial charge in [-0.1, -0.05) is 18.2 Å². The molecular weight excluding hydrogens is 414 g/mol. The van der Waals surface area contributed by atoms with E-state index < -0.39 is 0 Å². The number of pyridine rings is 1. The van der Waals surface area contributed by atoms with E-state index >= 15 is 0 Å². The zero-order valence-electron chi connectivity index (χ0n) is 18.7. The molecule has 4 heterocycles. The van der Waals surface area contributed by atoms with Crippen LogP contribution in [0.2, 0.25) is 0 Å². The lowest BCUT2D eigenvalue weighted by molar-refractivity contribution is -0.147. The maximum absolute atomic E-state index is 13.1. The summed E-state index contributed by atoms with van der Waals surface area (Å²) >= 11 is 0. The zero-order chi connectivity index (χ0) is 22.5. The molecule has 1 aromatic carbocycles. The number of carbonyl (C=O) groups excluding carboxylic acids is 1. The van der Waals surface area contributed by atoms with Gasteiger partial charge in [-0.2, -0.15) is 0 Å². The van der Waals surface area contributed by atoms with Crippen molar-refractivity contribution in [2.45, 2.75) is 44.1 Å². The summed E-state index contributed by atoms with van der Waals surface area (Å²) in [5, 5.41) is 3.41. The van der Waals surface area contributed by atoms with Crippen LogP contribution in [0.1, 0.15) is 43.8 Å². The highest BCUT2D eigenvalue weighted by Crippen LogP contribution is 2.30. The Labute approximate surface area is 194 Å². The van der Waals surface area contributed by atoms with Crippen LogP contribution < -0.4 is 5.32 Å². The summed E-state index contributed by atoms with van der Waals surface area (Å²) < 4.78 is 5.76. The van der Waals surface area contributed by atoms with Gasteiger partial charge in [-0.05, 0) is 56.4 Å². The van der Waals surface area contributed by atoms with E-state index in [1.54, 1.807) is 6.20 Å². The third-order valence-corrected chi connectivity index (χ3v) is 6.30. The lowest BCUT2D eigenvalue weighted by Gasteiger charge is -2.35. The van der Waals surface area contributed by atoms with Gasteiger partial charge in [0.05, 0.1) is 5.69 Å². The molecule has 7 heteroatoms.